The molecule has 9 heteroatoms. The predicted molar refractivity (Wildman–Crippen MR) is 157 cm³/mol. The third-order valence-corrected chi connectivity index (χ3v) is 6.22. The number of aliphatic hydroxyl groups is 1. The van der Waals surface area contributed by atoms with Crippen LogP contribution in [0.3, 0.4) is 0 Å². The van der Waals surface area contributed by atoms with Gasteiger partial charge < -0.3 is 28.3 Å². The van der Waals surface area contributed by atoms with Crippen molar-refractivity contribution in [1.29, 1.82) is 0 Å². The van der Waals surface area contributed by atoms with Gasteiger partial charge in [0.2, 0.25) is 0 Å². The summed E-state index contributed by atoms with van der Waals surface area (Å²) >= 11 is 0. The molecule has 0 aromatic heterocycles. The molecule has 0 fully saturated rings. The van der Waals surface area contributed by atoms with Crippen LogP contribution in [0, 0.1) is 0 Å². The van der Waals surface area contributed by atoms with Crippen LogP contribution in [-0.4, -0.2) is 69.2 Å². The SMILES string of the molecule is CCCCCCCCC/C=C/C=C/C=C/C=C/C=C/C=C/C(=O)O[C@@H](CO)COP(=O)([O-])OCC[N+](C)(C)C. The largest absolute Gasteiger partial charge is 0.756 e. The number of quaternary nitrogens is 1. The molecule has 1 N–H and O–H groups in total. The fourth-order valence-corrected chi connectivity index (χ4v) is 3.74. The van der Waals surface area contributed by atoms with E-state index >= 15 is 0 Å². The minimum Gasteiger partial charge on any atom is -0.756 e. The molecule has 222 valence electrons. The molecule has 0 aliphatic rings. The molecule has 0 amide bonds. The number of aliphatic hydroxyl groups excluding tert-OH is 1. The Labute approximate surface area is 236 Å². The highest BCUT2D eigenvalue weighted by molar-refractivity contribution is 7.45. The van der Waals surface area contributed by atoms with Crippen LogP contribution in [0.15, 0.2) is 72.9 Å². The quantitative estimate of drug-likeness (QED) is 0.0429. The van der Waals surface area contributed by atoms with E-state index in [0.717, 1.165) is 6.42 Å². The van der Waals surface area contributed by atoms with Crippen molar-refractivity contribution in [3.8, 4) is 0 Å². The summed E-state index contributed by atoms with van der Waals surface area (Å²) in [5.74, 6) is -0.733. The van der Waals surface area contributed by atoms with Gasteiger partial charge in [0, 0.05) is 6.08 Å². The highest BCUT2D eigenvalue weighted by Gasteiger charge is 2.18. The molecule has 0 aromatic rings. The van der Waals surface area contributed by atoms with Crippen LogP contribution in [0.2, 0.25) is 0 Å². The molecule has 0 radical (unpaired) electrons. The normalized spacial score (nSPS) is 15.5. The van der Waals surface area contributed by atoms with E-state index in [4.69, 9.17) is 13.8 Å². The second kappa shape index (κ2) is 23.8. The molecule has 0 saturated carbocycles. The van der Waals surface area contributed by atoms with Crippen LogP contribution >= 0.6 is 7.82 Å². The van der Waals surface area contributed by atoms with E-state index in [9.17, 15) is 19.4 Å². The van der Waals surface area contributed by atoms with Gasteiger partial charge in [-0.15, -0.1) is 0 Å². The van der Waals surface area contributed by atoms with Gasteiger partial charge in [0.1, 0.15) is 19.3 Å². The van der Waals surface area contributed by atoms with Crippen LogP contribution < -0.4 is 4.89 Å². The number of unbranched alkanes of at least 4 members (excludes halogenated alkanes) is 7. The first kappa shape index (κ1) is 36.9. The molecule has 0 bridgehead atoms. The number of rotatable bonds is 23. The second-order valence-electron chi connectivity index (χ2n) is 10.1. The molecule has 0 spiro atoms. The van der Waals surface area contributed by atoms with Crippen LogP contribution in [0.5, 0.6) is 0 Å². The minimum atomic E-state index is -4.56. The lowest BCUT2D eigenvalue weighted by Gasteiger charge is -2.28. The lowest BCUT2D eigenvalue weighted by atomic mass is 10.1. The Kier molecular flexibility index (Phi) is 22.5. The summed E-state index contributed by atoms with van der Waals surface area (Å²) in [6, 6.07) is 0. The van der Waals surface area contributed by atoms with Crippen molar-refractivity contribution < 1.29 is 37.6 Å². The molecule has 2 atom stereocenters. The van der Waals surface area contributed by atoms with Crippen LogP contribution in [0.4, 0.5) is 0 Å². The average Bonchev–Trinajstić information content (AvgIpc) is 2.87. The van der Waals surface area contributed by atoms with Gasteiger partial charge in [0.15, 0.2) is 0 Å². The maximum Gasteiger partial charge on any atom is 0.331 e. The Balaban J connectivity index is 4.11. The topological polar surface area (TPSA) is 105 Å². The standard InChI is InChI=1S/C30H50NO7P/c1-5-6-7-8-9-10-11-12-13-14-15-16-17-18-19-20-21-22-23-24-30(33)38-29(27-32)28-37-39(34,35)36-26-25-31(2,3)4/h13-24,29,32H,5-12,25-28H2,1-4H3/b14-13+,16-15+,18-17+,20-19+,22-21+,24-23+/t29-/m0/s1. The maximum absolute atomic E-state index is 11.9. The first-order valence-electron chi connectivity index (χ1n) is 13.8. The lowest BCUT2D eigenvalue weighted by molar-refractivity contribution is -0.870. The Morgan fingerprint density at radius 2 is 1.38 bits per heavy atom. The summed E-state index contributed by atoms with van der Waals surface area (Å²) in [6.45, 7) is 1.54. The highest BCUT2D eigenvalue weighted by Crippen LogP contribution is 2.38. The summed E-state index contributed by atoms with van der Waals surface area (Å²) < 4.78 is 26.8. The number of phosphoric acid groups is 1. The average molecular weight is 568 g/mol. The van der Waals surface area contributed by atoms with Gasteiger partial charge in [-0.25, -0.2) is 4.79 Å². The van der Waals surface area contributed by atoms with Crippen molar-refractivity contribution in [2.45, 2.75) is 64.4 Å². The first-order chi connectivity index (χ1) is 18.6. The zero-order valence-electron chi connectivity index (χ0n) is 24.3. The molecule has 0 aliphatic heterocycles. The Morgan fingerprint density at radius 1 is 0.846 bits per heavy atom. The maximum atomic E-state index is 11.9. The van der Waals surface area contributed by atoms with E-state index < -0.39 is 33.1 Å². The third kappa shape index (κ3) is 27.3. The van der Waals surface area contributed by atoms with Gasteiger partial charge in [0.25, 0.3) is 7.82 Å². The molecule has 0 aliphatic carbocycles. The number of carbonyl (C=O) groups excluding carboxylic acids is 1. The minimum absolute atomic E-state index is 0.0411. The number of carbonyl (C=O) groups is 1. The van der Waals surface area contributed by atoms with Crippen molar-refractivity contribution in [2.24, 2.45) is 0 Å². The second-order valence-corrected chi connectivity index (χ2v) is 11.5. The zero-order chi connectivity index (χ0) is 29.2. The summed E-state index contributed by atoms with van der Waals surface area (Å²) in [4.78, 5) is 23.7. The van der Waals surface area contributed by atoms with Gasteiger partial charge in [-0.3, -0.25) is 4.57 Å². The molecule has 8 nitrogen and oxygen atoms in total. The van der Waals surface area contributed by atoms with Crippen molar-refractivity contribution in [3.05, 3.63) is 72.9 Å². The number of nitrogens with zero attached hydrogens (tertiary/aromatic N) is 1. The Bertz CT molecular complexity index is 854. The van der Waals surface area contributed by atoms with Crippen LogP contribution in [-0.2, 0) is 23.1 Å². The fourth-order valence-electron chi connectivity index (χ4n) is 3.01. The van der Waals surface area contributed by atoms with E-state index in [1.807, 2.05) is 57.6 Å². The number of allylic oxidation sites excluding steroid dienone is 11. The Morgan fingerprint density at radius 3 is 1.95 bits per heavy atom. The van der Waals surface area contributed by atoms with Crippen LogP contribution in [0.1, 0.15) is 58.3 Å². The molecular formula is C30H50NO7P. The van der Waals surface area contributed by atoms with Gasteiger partial charge in [-0.05, 0) is 12.8 Å². The van der Waals surface area contributed by atoms with Crippen LogP contribution in [0.25, 0.3) is 0 Å². The molecule has 39 heavy (non-hydrogen) atoms. The number of ether oxygens (including phenoxy) is 1. The zero-order valence-corrected chi connectivity index (χ0v) is 25.2. The summed E-state index contributed by atoms with van der Waals surface area (Å²) in [6.07, 6.45) is 31.1. The van der Waals surface area contributed by atoms with Crippen molar-refractivity contribution in [2.75, 3.05) is 47.5 Å². The fraction of sp³-hybridized carbons (Fsp3) is 0.567. The van der Waals surface area contributed by atoms with Gasteiger partial charge >= 0.3 is 5.97 Å². The van der Waals surface area contributed by atoms with E-state index in [0.29, 0.717) is 11.0 Å². The summed E-state index contributed by atoms with van der Waals surface area (Å²) in [5, 5.41) is 9.33. The van der Waals surface area contributed by atoms with Crippen molar-refractivity contribution >= 4 is 13.8 Å². The molecule has 0 aromatic carbocycles. The number of likely N-dealkylation sites (N-methyl/N-ethyl adjacent to an activating group) is 1. The Hall–Kier alpha value is -2.06. The monoisotopic (exact) mass is 567 g/mol. The van der Waals surface area contributed by atoms with Gasteiger partial charge in [-0.2, -0.15) is 0 Å². The van der Waals surface area contributed by atoms with E-state index in [1.54, 1.807) is 12.2 Å². The van der Waals surface area contributed by atoms with Crippen molar-refractivity contribution in [1.82, 2.24) is 0 Å². The number of esters is 1. The smallest absolute Gasteiger partial charge is 0.331 e. The van der Waals surface area contributed by atoms with Gasteiger partial charge in [0.05, 0.1) is 34.4 Å². The summed E-state index contributed by atoms with van der Waals surface area (Å²) in [5.41, 5.74) is 0. The number of hydrogen-bond donors (Lipinski definition) is 1. The molecule has 1 unspecified atom stereocenters. The van der Waals surface area contributed by atoms with E-state index in [1.165, 1.54) is 57.1 Å². The molecular weight excluding hydrogens is 517 g/mol. The molecule has 0 saturated heterocycles. The third-order valence-electron chi connectivity index (χ3n) is 5.26. The number of hydrogen-bond acceptors (Lipinski definition) is 7. The number of phosphoric ester groups is 1. The molecule has 0 heterocycles. The van der Waals surface area contributed by atoms with E-state index in [2.05, 4.69) is 19.1 Å². The van der Waals surface area contributed by atoms with Crippen molar-refractivity contribution in [3.63, 3.8) is 0 Å². The highest BCUT2D eigenvalue weighted by atomic mass is 31.2. The summed E-state index contributed by atoms with van der Waals surface area (Å²) in [7, 11) is 1.13. The first-order valence-corrected chi connectivity index (χ1v) is 15.3. The van der Waals surface area contributed by atoms with Gasteiger partial charge in [-0.1, -0.05) is 112 Å². The lowest BCUT2D eigenvalue weighted by Crippen LogP contribution is -2.37. The van der Waals surface area contributed by atoms with E-state index in [-0.39, 0.29) is 6.61 Å². The predicted octanol–water partition coefficient (Wildman–Crippen LogP) is 5.58. The molecule has 0 rings (SSSR count).